The number of hydrogen-bond acceptors (Lipinski definition) is 3. The van der Waals surface area contributed by atoms with E-state index in [1.807, 2.05) is 72.8 Å². The largest absolute Gasteiger partial charge is 0.326 e. The molecule has 0 saturated carbocycles. The van der Waals surface area contributed by atoms with Gasteiger partial charge in [0.1, 0.15) is 0 Å². The highest BCUT2D eigenvalue weighted by atomic mass is 16.2. The third-order valence-electron chi connectivity index (χ3n) is 5.43. The van der Waals surface area contributed by atoms with Crippen LogP contribution in [0.5, 0.6) is 0 Å². The minimum absolute atomic E-state index is 0.00687. The SMILES string of the molecule is O=C(CN1CCC(C(=O)Nc2ccccc2)CC1)Nc1cccc2ccccc12. The highest BCUT2D eigenvalue weighted by molar-refractivity contribution is 6.02. The summed E-state index contributed by atoms with van der Waals surface area (Å²) in [6.07, 6.45) is 1.53. The molecular weight excluding hydrogens is 362 g/mol. The number of amides is 2. The predicted octanol–water partition coefficient (Wildman–Crippen LogP) is 4.13. The molecule has 4 rings (SSSR count). The average molecular weight is 387 g/mol. The molecule has 0 atom stereocenters. The number of para-hydroxylation sites is 1. The third kappa shape index (κ3) is 4.81. The van der Waals surface area contributed by atoms with Crippen LogP contribution in [0, 0.1) is 5.92 Å². The van der Waals surface area contributed by atoms with Gasteiger partial charge in [0.15, 0.2) is 0 Å². The zero-order chi connectivity index (χ0) is 20.1. The molecule has 2 N–H and O–H groups in total. The van der Waals surface area contributed by atoms with E-state index in [1.165, 1.54) is 0 Å². The molecule has 5 nitrogen and oxygen atoms in total. The number of nitrogens with one attached hydrogen (secondary N) is 2. The summed E-state index contributed by atoms with van der Waals surface area (Å²) in [6, 6.07) is 23.5. The van der Waals surface area contributed by atoms with Gasteiger partial charge in [-0.3, -0.25) is 14.5 Å². The van der Waals surface area contributed by atoms with Crippen molar-refractivity contribution < 1.29 is 9.59 Å². The van der Waals surface area contributed by atoms with Gasteiger partial charge in [-0.15, -0.1) is 0 Å². The summed E-state index contributed by atoms with van der Waals surface area (Å²) < 4.78 is 0. The van der Waals surface area contributed by atoms with Gasteiger partial charge in [-0.2, -0.15) is 0 Å². The maximum Gasteiger partial charge on any atom is 0.238 e. The summed E-state index contributed by atoms with van der Waals surface area (Å²) in [6.45, 7) is 1.84. The molecule has 5 heteroatoms. The fourth-order valence-corrected chi connectivity index (χ4v) is 3.85. The fourth-order valence-electron chi connectivity index (χ4n) is 3.85. The zero-order valence-electron chi connectivity index (χ0n) is 16.3. The molecule has 3 aromatic carbocycles. The van der Waals surface area contributed by atoms with Crippen molar-refractivity contribution in [3.8, 4) is 0 Å². The van der Waals surface area contributed by atoms with E-state index >= 15 is 0 Å². The molecule has 1 fully saturated rings. The van der Waals surface area contributed by atoms with Crippen LogP contribution in [0.1, 0.15) is 12.8 Å². The van der Waals surface area contributed by atoms with Crippen molar-refractivity contribution >= 4 is 34.0 Å². The van der Waals surface area contributed by atoms with Gasteiger partial charge >= 0.3 is 0 Å². The van der Waals surface area contributed by atoms with E-state index in [2.05, 4.69) is 15.5 Å². The van der Waals surface area contributed by atoms with Crippen molar-refractivity contribution in [3.63, 3.8) is 0 Å². The maximum atomic E-state index is 12.5. The molecule has 0 radical (unpaired) electrons. The van der Waals surface area contributed by atoms with Crippen LogP contribution >= 0.6 is 0 Å². The Bertz CT molecular complexity index is 990. The van der Waals surface area contributed by atoms with Crippen molar-refractivity contribution in [3.05, 3.63) is 72.8 Å². The van der Waals surface area contributed by atoms with Gasteiger partial charge < -0.3 is 10.6 Å². The molecule has 1 heterocycles. The average Bonchev–Trinajstić information content (AvgIpc) is 2.75. The van der Waals surface area contributed by atoms with Crippen LogP contribution in [0.15, 0.2) is 72.8 Å². The van der Waals surface area contributed by atoms with Crippen LogP contribution in [0.25, 0.3) is 10.8 Å². The summed E-state index contributed by atoms with van der Waals surface area (Å²) in [5.41, 5.74) is 1.67. The second-order valence-corrected chi connectivity index (χ2v) is 7.48. The van der Waals surface area contributed by atoms with Gasteiger partial charge in [0.25, 0.3) is 0 Å². The van der Waals surface area contributed by atoms with Gasteiger partial charge in [-0.1, -0.05) is 54.6 Å². The molecule has 1 saturated heterocycles. The summed E-state index contributed by atoms with van der Waals surface area (Å²) in [4.78, 5) is 27.1. The Morgan fingerprint density at radius 1 is 0.828 bits per heavy atom. The van der Waals surface area contributed by atoms with Crippen LogP contribution < -0.4 is 10.6 Å². The number of rotatable bonds is 5. The lowest BCUT2D eigenvalue weighted by molar-refractivity contribution is -0.121. The summed E-state index contributed by atoms with van der Waals surface area (Å²) >= 11 is 0. The molecule has 29 heavy (non-hydrogen) atoms. The molecule has 0 aliphatic carbocycles. The Hall–Kier alpha value is -3.18. The second kappa shape index (κ2) is 8.88. The first-order valence-corrected chi connectivity index (χ1v) is 10.0. The van der Waals surface area contributed by atoms with Crippen molar-refractivity contribution in [2.45, 2.75) is 12.8 Å². The van der Waals surface area contributed by atoms with Gasteiger partial charge in [0.05, 0.1) is 6.54 Å². The molecule has 0 aromatic heterocycles. The van der Waals surface area contributed by atoms with Crippen LogP contribution in [-0.4, -0.2) is 36.3 Å². The first-order chi connectivity index (χ1) is 14.2. The van der Waals surface area contributed by atoms with Crippen molar-refractivity contribution in [2.75, 3.05) is 30.3 Å². The van der Waals surface area contributed by atoms with E-state index in [1.54, 1.807) is 0 Å². The second-order valence-electron chi connectivity index (χ2n) is 7.48. The first-order valence-electron chi connectivity index (χ1n) is 10.0. The summed E-state index contributed by atoms with van der Waals surface area (Å²) in [7, 11) is 0. The van der Waals surface area contributed by atoms with Gasteiger partial charge in [0, 0.05) is 22.7 Å². The number of nitrogens with zero attached hydrogens (tertiary/aromatic N) is 1. The van der Waals surface area contributed by atoms with Gasteiger partial charge in [0.2, 0.25) is 11.8 Å². The van der Waals surface area contributed by atoms with E-state index < -0.39 is 0 Å². The van der Waals surface area contributed by atoms with Gasteiger partial charge in [-0.25, -0.2) is 0 Å². The van der Waals surface area contributed by atoms with E-state index in [9.17, 15) is 9.59 Å². The number of piperidine rings is 1. The number of carbonyl (C=O) groups excluding carboxylic acids is 2. The topological polar surface area (TPSA) is 61.4 Å². The maximum absolute atomic E-state index is 12.5. The molecule has 0 spiro atoms. The molecule has 3 aromatic rings. The minimum Gasteiger partial charge on any atom is -0.326 e. The zero-order valence-corrected chi connectivity index (χ0v) is 16.3. The van der Waals surface area contributed by atoms with Crippen molar-refractivity contribution in [1.82, 2.24) is 4.90 Å². The van der Waals surface area contributed by atoms with E-state index in [-0.39, 0.29) is 17.7 Å². The number of hydrogen-bond donors (Lipinski definition) is 2. The Morgan fingerprint density at radius 2 is 1.52 bits per heavy atom. The normalized spacial score (nSPS) is 15.2. The number of benzene rings is 3. The van der Waals surface area contributed by atoms with Crippen molar-refractivity contribution in [2.24, 2.45) is 5.92 Å². The quantitative estimate of drug-likeness (QED) is 0.692. The smallest absolute Gasteiger partial charge is 0.238 e. The molecule has 2 amide bonds. The Balaban J connectivity index is 1.28. The van der Waals surface area contributed by atoms with Gasteiger partial charge in [-0.05, 0) is 49.5 Å². The lowest BCUT2D eigenvalue weighted by atomic mass is 9.96. The third-order valence-corrected chi connectivity index (χ3v) is 5.43. The standard InChI is InChI=1S/C24H25N3O2/c28-23(26-22-12-6-8-18-7-4-5-11-21(18)22)17-27-15-13-19(14-16-27)24(29)25-20-9-2-1-3-10-20/h1-12,19H,13-17H2,(H,25,29)(H,26,28). The van der Waals surface area contributed by atoms with Crippen LogP contribution in [0.3, 0.4) is 0 Å². The number of carbonyl (C=O) groups is 2. The lowest BCUT2D eigenvalue weighted by Gasteiger charge is -2.30. The monoisotopic (exact) mass is 387 g/mol. The lowest BCUT2D eigenvalue weighted by Crippen LogP contribution is -2.41. The summed E-state index contributed by atoms with van der Waals surface area (Å²) in [5.74, 6) is 0.0391. The summed E-state index contributed by atoms with van der Waals surface area (Å²) in [5, 5.41) is 8.17. The molecule has 1 aliphatic heterocycles. The molecule has 148 valence electrons. The number of fused-ring (bicyclic) bond motifs is 1. The van der Waals surface area contributed by atoms with E-state index in [4.69, 9.17) is 0 Å². The Labute approximate surface area is 170 Å². The highest BCUT2D eigenvalue weighted by Gasteiger charge is 2.26. The highest BCUT2D eigenvalue weighted by Crippen LogP contribution is 2.23. The molecule has 0 bridgehead atoms. The Kier molecular flexibility index (Phi) is 5.86. The van der Waals surface area contributed by atoms with Crippen LogP contribution in [-0.2, 0) is 9.59 Å². The van der Waals surface area contributed by atoms with Crippen LogP contribution in [0.4, 0.5) is 11.4 Å². The van der Waals surface area contributed by atoms with E-state index in [0.29, 0.717) is 6.54 Å². The first kappa shape index (κ1) is 19.2. The minimum atomic E-state index is -0.0199. The molecule has 0 unspecified atom stereocenters. The fraction of sp³-hybridized carbons (Fsp3) is 0.250. The van der Waals surface area contributed by atoms with E-state index in [0.717, 1.165) is 48.1 Å². The predicted molar refractivity (Wildman–Crippen MR) is 117 cm³/mol. The number of anilines is 2. The Morgan fingerprint density at radius 3 is 2.31 bits per heavy atom. The van der Waals surface area contributed by atoms with Crippen LogP contribution in [0.2, 0.25) is 0 Å². The number of likely N-dealkylation sites (tertiary alicyclic amines) is 1. The van der Waals surface area contributed by atoms with Crippen molar-refractivity contribution in [1.29, 1.82) is 0 Å². The molecule has 1 aliphatic rings. The molecular formula is C24H25N3O2.